The second-order valence-corrected chi connectivity index (χ2v) is 8.08. The number of anilines is 1. The van der Waals surface area contributed by atoms with Crippen LogP contribution in [0.2, 0.25) is 0 Å². The first-order valence-electron chi connectivity index (χ1n) is 10.2. The zero-order valence-corrected chi connectivity index (χ0v) is 17.0. The summed E-state index contributed by atoms with van der Waals surface area (Å²) in [5.74, 6) is -0.128. The third kappa shape index (κ3) is 5.21. The van der Waals surface area contributed by atoms with E-state index in [-0.39, 0.29) is 23.2 Å². The van der Waals surface area contributed by atoms with Crippen molar-refractivity contribution in [2.75, 3.05) is 64.4 Å². The first-order chi connectivity index (χ1) is 13.5. The number of piperidine rings is 1. The van der Waals surface area contributed by atoms with E-state index in [1.165, 1.54) is 12.1 Å². The predicted octanol–water partition coefficient (Wildman–Crippen LogP) is 1.47. The van der Waals surface area contributed by atoms with Crippen LogP contribution in [-0.4, -0.2) is 76.4 Å². The number of halogens is 1. The first-order valence-corrected chi connectivity index (χ1v) is 10.2. The van der Waals surface area contributed by atoms with Crippen LogP contribution in [-0.2, 0) is 9.53 Å². The maximum absolute atomic E-state index is 13.1. The average Bonchev–Trinajstić information content (AvgIpc) is 2.73. The monoisotopic (exact) mass is 392 g/mol. The summed E-state index contributed by atoms with van der Waals surface area (Å²) in [6, 6.07) is 6.46. The number of piperazine rings is 1. The Hall–Kier alpha value is -1.70. The van der Waals surface area contributed by atoms with E-state index in [1.807, 2.05) is 19.1 Å². The van der Waals surface area contributed by atoms with Gasteiger partial charge in [0, 0.05) is 50.9 Å². The Labute approximate surface area is 167 Å². The fraction of sp³-hybridized carbons (Fsp3) is 0.667. The van der Waals surface area contributed by atoms with Gasteiger partial charge in [-0.1, -0.05) is 0 Å². The summed E-state index contributed by atoms with van der Waals surface area (Å²) in [4.78, 5) is 17.2. The lowest BCUT2D eigenvalue weighted by Crippen LogP contribution is -2.55. The number of rotatable bonds is 7. The number of carbonyl (C=O) groups is 1. The molecular weight excluding hydrogens is 359 g/mol. The molecule has 1 unspecified atom stereocenters. The molecule has 0 aromatic heterocycles. The Kier molecular flexibility index (Phi) is 7.26. The van der Waals surface area contributed by atoms with Crippen LogP contribution in [0.3, 0.4) is 0 Å². The van der Waals surface area contributed by atoms with Gasteiger partial charge in [-0.25, -0.2) is 4.39 Å². The molecule has 6 nitrogen and oxygen atoms in total. The molecule has 28 heavy (non-hydrogen) atoms. The van der Waals surface area contributed by atoms with E-state index in [0.29, 0.717) is 13.2 Å². The van der Waals surface area contributed by atoms with Gasteiger partial charge in [-0.3, -0.25) is 9.69 Å². The molecule has 7 heteroatoms. The molecule has 2 aliphatic rings. The molecule has 1 aromatic rings. The van der Waals surface area contributed by atoms with Gasteiger partial charge in [0.05, 0.1) is 12.6 Å². The lowest BCUT2D eigenvalue weighted by Gasteiger charge is -2.40. The summed E-state index contributed by atoms with van der Waals surface area (Å²) in [7, 11) is 1.73. The SMILES string of the molecule is COCC1(CNC(=O)C(C)N2CCN(c3ccc(F)cc3)CC2)CCNCC1. The molecule has 1 aromatic carbocycles. The minimum absolute atomic E-state index is 0.0384. The molecule has 0 radical (unpaired) electrons. The molecule has 2 saturated heterocycles. The highest BCUT2D eigenvalue weighted by atomic mass is 19.1. The van der Waals surface area contributed by atoms with E-state index < -0.39 is 0 Å². The van der Waals surface area contributed by atoms with Gasteiger partial charge >= 0.3 is 0 Å². The molecule has 3 rings (SSSR count). The molecular formula is C21H33FN4O2. The Morgan fingerprint density at radius 1 is 1.21 bits per heavy atom. The van der Waals surface area contributed by atoms with Crippen LogP contribution in [0.1, 0.15) is 19.8 Å². The zero-order chi connectivity index (χ0) is 20.0. The normalized spacial score (nSPS) is 21.3. The number of amides is 1. The summed E-state index contributed by atoms with van der Waals surface area (Å²) in [5, 5.41) is 6.56. The summed E-state index contributed by atoms with van der Waals surface area (Å²) in [6.07, 6.45) is 2.04. The number of carbonyl (C=O) groups excluding carboxylic acids is 1. The molecule has 1 atom stereocenters. The van der Waals surface area contributed by atoms with E-state index in [1.54, 1.807) is 7.11 Å². The number of nitrogens with zero attached hydrogens (tertiary/aromatic N) is 2. The Balaban J connectivity index is 1.48. The van der Waals surface area contributed by atoms with Crippen molar-refractivity contribution in [3.8, 4) is 0 Å². The molecule has 2 heterocycles. The minimum Gasteiger partial charge on any atom is -0.384 e. The second kappa shape index (κ2) is 9.67. The second-order valence-electron chi connectivity index (χ2n) is 8.08. The molecule has 156 valence electrons. The van der Waals surface area contributed by atoms with Gasteiger partial charge in [0.15, 0.2) is 0 Å². The Morgan fingerprint density at radius 3 is 2.46 bits per heavy atom. The summed E-state index contributed by atoms with van der Waals surface area (Å²) >= 11 is 0. The fourth-order valence-corrected chi connectivity index (χ4v) is 4.24. The van der Waals surface area contributed by atoms with E-state index in [4.69, 9.17) is 4.74 Å². The van der Waals surface area contributed by atoms with E-state index in [2.05, 4.69) is 20.4 Å². The van der Waals surface area contributed by atoms with Crippen molar-refractivity contribution in [3.63, 3.8) is 0 Å². The van der Waals surface area contributed by atoms with Crippen LogP contribution >= 0.6 is 0 Å². The van der Waals surface area contributed by atoms with Gasteiger partial charge in [0.1, 0.15) is 5.82 Å². The molecule has 2 N–H and O–H groups in total. The molecule has 1 amide bonds. The first kappa shape index (κ1) is 21.0. The fourth-order valence-electron chi connectivity index (χ4n) is 4.24. The van der Waals surface area contributed by atoms with Crippen molar-refractivity contribution < 1.29 is 13.9 Å². The highest BCUT2D eigenvalue weighted by Crippen LogP contribution is 2.28. The van der Waals surface area contributed by atoms with Crippen molar-refractivity contribution in [2.24, 2.45) is 5.41 Å². The third-order valence-corrected chi connectivity index (χ3v) is 6.19. The summed E-state index contributed by atoms with van der Waals surface area (Å²) in [6.45, 7) is 8.58. The minimum atomic E-state index is -0.215. The largest absolute Gasteiger partial charge is 0.384 e. The van der Waals surface area contributed by atoms with E-state index >= 15 is 0 Å². The molecule has 0 bridgehead atoms. The number of nitrogens with one attached hydrogen (secondary N) is 2. The number of hydrogen-bond acceptors (Lipinski definition) is 5. The molecule has 2 fully saturated rings. The van der Waals surface area contributed by atoms with Crippen LogP contribution < -0.4 is 15.5 Å². The van der Waals surface area contributed by atoms with Crippen LogP contribution in [0.5, 0.6) is 0 Å². The van der Waals surface area contributed by atoms with Crippen LogP contribution in [0, 0.1) is 11.2 Å². The van der Waals surface area contributed by atoms with Crippen molar-refractivity contribution in [3.05, 3.63) is 30.1 Å². The van der Waals surface area contributed by atoms with Crippen LogP contribution in [0.15, 0.2) is 24.3 Å². The lowest BCUT2D eigenvalue weighted by atomic mass is 9.79. The summed E-state index contributed by atoms with van der Waals surface area (Å²) in [5.41, 5.74) is 1.07. The van der Waals surface area contributed by atoms with E-state index in [9.17, 15) is 9.18 Å². The summed E-state index contributed by atoms with van der Waals surface area (Å²) < 4.78 is 18.5. The number of hydrogen-bond donors (Lipinski definition) is 2. The van der Waals surface area contributed by atoms with E-state index in [0.717, 1.165) is 57.8 Å². The third-order valence-electron chi connectivity index (χ3n) is 6.19. The average molecular weight is 393 g/mol. The van der Waals surface area contributed by atoms with Gasteiger partial charge in [-0.05, 0) is 57.1 Å². The molecule has 2 aliphatic heterocycles. The number of methoxy groups -OCH3 is 1. The maximum atomic E-state index is 13.1. The van der Waals surface area contributed by atoms with Crippen molar-refractivity contribution in [1.29, 1.82) is 0 Å². The highest BCUT2D eigenvalue weighted by Gasteiger charge is 2.34. The van der Waals surface area contributed by atoms with Gasteiger partial charge < -0.3 is 20.3 Å². The Morgan fingerprint density at radius 2 is 1.86 bits per heavy atom. The van der Waals surface area contributed by atoms with Gasteiger partial charge in [0.25, 0.3) is 0 Å². The lowest BCUT2D eigenvalue weighted by molar-refractivity contribution is -0.126. The van der Waals surface area contributed by atoms with Crippen molar-refractivity contribution in [1.82, 2.24) is 15.5 Å². The maximum Gasteiger partial charge on any atom is 0.237 e. The highest BCUT2D eigenvalue weighted by molar-refractivity contribution is 5.81. The van der Waals surface area contributed by atoms with Crippen LogP contribution in [0.4, 0.5) is 10.1 Å². The van der Waals surface area contributed by atoms with Crippen LogP contribution in [0.25, 0.3) is 0 Å². The Bertz CT molecular complexity index is 620. The number of benzene rings is 1. The molecule has 0 spiro atoms. The molecule has 0 aliphatic carbocycles. The predicted molar refractivity (Wildman–Crippen MR) is 109 cm³/mol. The van der Waals surface area contributed by atoms with Gasteiger partial charge in [-0.15, -0.1) is 0 Å². The topological polar surface area (TPSA) is 56.8 Å². The standard InChI is InChI=1S/C21H33FN4O2/c1-17(20(27)24-15-21(16-28-2)7-9-23-10-8-21)25-11-13-26(14-12-25)19-5-3-18(22)4-6-19/h3-6,17,23H,7-16H2,1-2H3,(H,24,27). The van der Waals surface area contributed by atoms with Gasteiger partial charge in [0.2, 0.25) is 5.91 Å². The quantitative estimate of drug-likeness (QED) is 0.736. The smallest absolute Gasteiger partial charge is 0.237 e. The molecule has 0 saturated carbocycles. The zero-order valence-electron chi connectivity index (χ0n) is 17.0. The van der Waals surface area contributed by atoms with Crippen molar-refractivity contribution >= 4 is 11.6 Å². The number of ether oxygens (including phenoxy) is 1. The van der Waals surface area contributed by atoms with Gasteiger partial charge in [-0.2, -0.15) is 0 Å². The van der Waals surface area contributed by atoms with Crippen molar-refractivity contribution in [2.45, 2.75) is 25.8 Å².